The molecule has 0 saturated heterocycles. The number of nitrogens with zero attached hydrogens (tertiary/aromatic N) is 1. The molecule has 0 atom stereocenters. The second-order valence-electron chi connectivity index (χ2n) is 1.50. The van der Waals surface area contributed by atoms with Crippen LogP contribution in [0.3, 0.4) is 0 Å². The lowest BCUT2D eigenvalue weighted by Crippen LogP contribution is -2.09. The van der Waals surface area contributed by atoms with Gasteiger partial charge in [0.1, 0.15) is 5.88 Å². The molecule has 1 N–H and O–H groups in total. The Balaban J connectivity index is 2.48. The maximum atomic E-state index is 10.5. The summed E-state index contributed by atoms with van der Waals surface area (Å²) in [5.74, 6) is -0.683. The summed E-state index contributed by atoms with van der Waals surface area (Å²) in [5, 5.41) is 0. The molecule has 0 radical (unpaired) electrons. The van der Waals surface area contributed by atoms with E-state index in [4.69, 9.17) is 11.6 Å². The molecule has 1 aromatic heterocycles. The molecule has 0 aromatic carbocycles. The first-order chi connectivity index (χ1) is 4.83. The number of esters is 1. The Morgan fingerprint density at radius 3 is 3.20 bits per heavy atom. The van der Waals surface area contributed by atoms with Gasteiger partial charge < -0.3 is 9.72 Å². The number of carbonyl (C=O) groups is 1. The molecule has 0 aliphatic rings. The largest absolute Gasteiger partial charge is 0.391 e. The van der Waals surface area contributed by atoms with E-state index in [0.29, 0.717) is 0 Å². The normalized spacial score (nSPS) is 9.30. The van der Waals surface area contributed by atoms with Crippen molar-refractivity contribution in [2.24, 2.45) is 0 Å². The highest BCUT2D eigenvalue weighted by molar-refractivity contribution is 6.26. The smallest absolute Gasteiger partial charge is 0.328 e. The SMILES string of the molecule is O=C(CCl)Oc1ncc[nH]1. The van der Waals surface area contributed by atoms with E-state index in [2.05, 4.69) is 14.7 Å². The van der Waals surface area contributed by atoms with Crippen molar-refractivity contribution in [3.05, 3.63) is 12.4 Å². The zero-order valence-electron chi connectivity index (χ0n) is 5.00. The van der Waals surface area contributed by atoms with Crippen LogP contribution < -0.4 is 4.74 Å². The summed E-state index contributed by atoms with van der Waals surface area (Å²) in [6.45, 7) is 0. The topological polar surface area (TPSA) is 55.0 Å². The summed E-state index contributed by atoms with van der Waals surface area (Å²) in [4.78, 5) is 16.7. The first-order valence-electron chi connectivity index (χ1n) is 2.59. The molecule has 54 valence electrons. The Kier molecular flexibility index (Phi) is 2.28. The number of halogens is 1. The lowest BCUT2D eigenvalue weighted by Gasteiger charge is -1.93. The maximum Gasteiger partial charge on any atom is 0.328 e. The highest BCUT2D eigenvalue weighted by Crippen LogP contribution is 1.98. The third kappa shape index (κ3) is 1.73. The lowest BCUT2D eigenvalue weighted by molar-refractivity contribution is -0.132. The highest BCUT2D eigenvalue weighted by Gasteiger charge is 2.02. The third-order valence-corrected chi connectivity index (χ3v) is 1.01. The summed E-state index contributed by atoms with van der Waals surface area (Å²) in [7, 11) is 0. The Hall–Kier alpha value is -1.03. The van der Waals surface area contributed by atoms with Crippen molar-refractivity contribution in [2.75, 3.05) is 5.88 Å². The number of imidazole rings is 1. The molecule has 0 spiro atoms. The monoisotopic (exact) mass is 160 g/mol. The van der Waals surface area contributed by atoms with Crippen LogP contribution in [0.15, 0.2) is 12.4 Å². The molecule has 4 nitrogen and oxygen atoms in total. The van der Waals surface area contributed by atoms with Crippen molar-refractivity contribution in [1.82, 2.24) is 9.97 Å². The van der Waals surface area contributed by atoms with Gasteiger partial charge in [-0.05, 0) is 0 Å². The quantitative estimate of drug-likeness (QED) is 0.508. The lowest BCUT2D eigenvalue weighted by atomic mass is 10.8. The Morgan fingerprint density at radius 1 is 1.90 bits per heavy atom. The Labute approximate surface area is 62.2 Å². The predicted octanol–water partition coefficient (Wildman–Crippen LogP) is 0.554. The number of aromatic nitrogens is 2. The number of hydrogen-bond donors (Lipinski definition) is 1. The van der Waals surface area contributed by atoms with Gasteiger partial charge in [-0.1, -0.05) is 0 Å². The van der Waals surface area contributed by atoms with Gasteiger partial charge in [0.05, 0.1) is 0 Å². The summed E-state index contributed by atoms with van der Waals surface area (Å²) in [5.41, 5.74) is 0. The summed E-state index contributed by atoms with van der Waals surface area (Å²) in [6, 6.07) is 0.172. The summed E-state index contributed by atoms with van der Waals surface area (Å²) < 4.78 is 4.57. The van der Waals surface area contributed by atoms with Crippen LogP contribution in [0.25, 0.3) is 0 Å². The molecule has 1 rings (SSSR count). The van der Waals surface area contributed by atoms with Crippen molar-refractivity contribution in [2.45, 2.75) is 0 Å². The Bertz CT molecular complexity index is 209. The van der Waals surface area contributed by atoms with Gasteiger partial charge in [0, 0.05) is 12.4 Å². The molecule has 0 bridgehead atoms. The van der Waals surface area contributed by atoms with Gasteiger partial charge >= 0.3 is 12.0 Å². The zero-order valence-corrected chi connectivity index (χ0v) is 5.76. The highest BCUT2D eigenvalue weighted by atomic mass is 35.5. The van der Waals surface area contributed by atoms with Crippen LogP contribution >= 0.6 is 11.6 Å². The van der Waals surface area contributed by atoms with Crippen molar-refractivity contribution in [3.8, 4) is 6.01 Å². The number of rotatable bonds is 2. The van der Waals surface area contributed by atoms with E-state index in [9.17, 15) is 4.79 Å². The van der Waals surface area contributed by atoms with Gasteiger partial charge in [0.15, 0.2) is 0 Å². The summed E-state index contributed by atoms with van der Waals surface area (Å²) >= 11 is 5.15. The zero-order chi connectivity index (χ0) is 7.40. The average molecular weight is 161 g/mol. The van der Waals surface area contributed by atoms with E-state index in [1.165, 1.54) is 6.20 Å². The van der Waals surface area contributed by atoms with Crippen molar-refractivity contribution < 1.29 is 9.53 Å². The second kappa shape index (κ2) is 3.22. The van der Waals surface area contributed by atoms with E-state index in [1.54, 1.807) is 6.20 Å². The fourth-order valence-electron chi connectivity index (χ4n) is 0.442. The van der Waals surface area contributed by atoms with Crippen molar-refractivity contribution in [1.29, 1.82) is 0 Å². The number of hydrogen-bond acceptors (Lipinski definition) is 3. The van der Waals surface area contributed by atoms with Gasteiger partial charge in [-0.15, -0.1) is 11.6 Å². The van der Waals surface area contributed by atoms with Crippen LogP contribution in [0.2, 0.25) is 0 Å². The predicted molar refractivity (Wildman–Crippen MR) is 34.9 cm³/mol. The molecule has 5 heteroatoms. The van der Waals surface area contributed by atoms with E-state index >= 15 is 0 Å². The third-order valence-electron chi connectivity index (χ3n) is 0.793. The Morgan fingerprint density at radius 2 is 2.70 bits per heavy atom. The number of nitrogens with one attached hydrogen (secondary N) is 1. The maximum absolute atomic E-state index is 10.5. The molecule has 0 amide bonds. The fourth-order valence-corrected chi connectivity index (χ4v) is 0.496. The molecular weight excluding hydrogens is 156 g/mol. The van der Waals surface area contributed by atoms with Crippen LogP contribution in [0.1, 0.15) is 0 Å². The number of H-pyrrole nitrogens is 1. The minimum atomic E-state index is -0.517. The molecule has 0 unspecified atom stereocenters. The molecular formula is C5H5ClN2O2. The van der Waals surface area contributed by atoms with Gasteiger partial charge in [0.2, 0.25) is 0 Å². The molecule has 1 heterocycles. The second-order valence-corrected chi connectivity index (χ2v) is 1.77. The standard InChI is InChI=1S/C5H5ClN2O2/c6-3-4(9)10-5-7-1-2-8-5/h1-2H,3H2,(H,7,8). The van der Waals surface area contributed by atoms with Crippen LogP contribution in [0, 0.1) is 0 Å². The summed E-state index contributed by atoms with van der Waals surface area (Å²) in [6.07, 6.45) is 3.04. The van der Waals surface area contributed by atoms with Crippen LogP contribution in [-0.4, -0.2) is 21.8 Å². The molecule has 10 heavy (non-hydrogen) atoms. The molecule has 1 aromatic rings. The molecule has 0 saturated carbocycles. The van der Waals surface area contributed by atoms with E-state index in [0.717, 1.165) is 0 Å². The minimum absolute atomic E-state index is 0.166. The van der Waals surface area contributed by atoms with Crippen LogP contribution in [0.4, 0.5) is 0 Å². The van der Waals surface area contributed by atoms with E-state index in [1.807, 2.05) is 0 Å². The first-order valence-corrected chi connectivity index (χ1v) is 3.12. The van der Waals surface area contributed by atoms with Crippen molar-refractivity contribution >= 4 is 17.6 Å². The number of aromatic amines is 1. The van der Waals surface area contributed by atoms with Crippen molar-refractivity contribution in [3.63, 3.8) is 0 Å². The van der Waals surface area contributed by atoms with Gasteiger partial charge in [0.25, 0.3) is 0 Å². The van der Waals surface area contributed by atoms with E-state index in [-0.39, 0.29) is 11.9 Å². The molecule has 0 aliphatic heterocycles. The minimum Gasteiger partial charge on any atom is -0.391 e. The number of carbonyl (C=O) groups excluding carboxylic acids is 1. The molecule has 0 fully saturated rings. The molecule has 0 aliphatic carbocycles. The van der Waals surface area contributed by atoms with Gasteiger partial charge in [-0.25, -0.2) is 4.98 Å². The number of ether oxygens (including phenoxy) is 1. The van der Waals surface area contributed by atoms with E-state index < -0.39 is 5.97 Å². The van der Waals surface area contributed by atoms with Gasteiger partial charge in [-0.3, -0.25) is 4.79 Å². The number of alkyl halides is 1. The van der Waals surface area contributed by atoms with Crippen LogP contribution in [0.5, 0.6) is 6.01 Å². The van der Waals surface area contributed by atoms with Gasteiger partial charge in [-0.2, -0.15) is 0 Å². The fraction of sp³-hybridized carbons (Fsp3) is 0.200. The van der Waals surface area contributed by atoms with Crippen LogP contribution in [-0.2, 0) is 4.79 Å². The first kappa shape index (κ1) is 7.08. The average Bonchev–Trinajstić information content (AvgIpc) is 2.40.